The van der Waals surface area contributed by atoms with Crippen molar-refractivity contribution in [1.82, 2.24) is 9.80 Å². The van der Waals surface area contributed by atoms with Crippen molar-refractivity contribution in [3.8, 4) is 0 Å². The van der Waals surface area contributed by atoms with Crippen molar-refractivity contribution in [1.29, 1.82) is 0 Å². The molecular weight excluding hydrogens is 262 g/mol. The molecule has 19 heavy (non-hydrogen) atoms. The van der Waals surface area contributed by atoms with Crippen molar-refractivity contribution in [3.05, 3.63) is 0 Å². The predicted molar refractivity (Wildman–Crippen MR) is 82.6 cm³/mol. The topological polar surface area (TPSA) is 49.6 Å². The molecule has 114 valence electrons. The molecule has 0 bridgehead atoms. The van der Waals surface area contributed by atoms with Crippen LogP contribution in [0.4, 0.5) is 0 Å². The van der Waals surface area contributed by atoms with Crippen LogP contribution in [0.2, 0.25) is 0 Å². The number of hydrogen-bond acceptors (Lipinski definition) is 3. The summed E-state index contributed by atoms with van der Waals surface area (Å²) in [5, 5.41) is 0. The van der Waals surface area contributed by atoms with Gasteiger partial charge in [-0.1, -0.05) is 13.8 Å². The normalized spacial score (nSPS) is 17.9. The highest BCUT2D eigenvalue weighted by molar-refractivity contribution is 5.85. The fraction of sp³-hybridized carbons (Fsp3) is 0.929. The number of hydrogen-bond donors (Lipinski definition) is 1. The first-order chi connectivity index (χ1) is 8.50. The minimum Gasteiger partial charge on any atom is -0.342 e. The zero-order valence-electron chi connectivity index (χ0n) is 12.8. The average molecular weight is 292 g/mol. The number of halogens is 1. The number of amides is 1. The Labute approximate surface area is 124 Å². The molecule has 0 unspecified atom stereocenters. The van der Waals surface area contributed by atoms with Gasteiger partial charge in [-0.15, -0.1) is 12.4 Å². The number of carbonyl (C=O) groups excluding carboxylic acids is 1. The highest BCUT2D eigenvalue weighted by Crippen LogP contribution is 2.29. The van der Waals surface area contributed by atoms with Gasteiger partial charge in [0, 0.05) is 19.6 Å². The Bertz CT molecular complexity index is 266. The van der Waals surface area contributed by atoms with E-state index < -0.39 is 0 Å². The standard InChI is InChI=1S/C14H29N3O.ClH/c1-5-14(6-2,11-15)13(18)17(4)12-7-9-16(3)10-8-12;/h12H,5-11,15H2,1-4H3;1H. The van der Waals surface area contributed by atoms with E-state index in [1.165, 1.54) is 0 Å². The summed E-state index contributed by atoms with van der Waals surface area (Å²) < 4.78 is 0. The Hall–Kier alpha value is -0.320. The summed E-state index contributed by atoms with van der Waals surface area (Å²) in [4.78, 5) is 17.0. The van der Waals surface area contributed by atoms with Gasteiger partial charge in [-0.2, -0.15) is 0 Å². The third kappa shape index (κ3) is 4.07. The molecule has 0 aromatic rings. The van der Waals surface area contributed by atoms with E-state index in [4.69, 9.17) is 5.73 Å². The van der Waals surface area contributed by atoms with Crippen LogP contribution in [0.15, 0.2) is 0 Å². The van der Waals surface area contributed by atoms with Gasteiger partial charge in [0.2, 0.25) is 5.91 Å². The molecular formula is C14H30ClN3O. The molecule has 5 heteroatoms. The van der Waals surface area contributed by atoms with Crippen molar-refractivity contribution < 1.29 is 4.79 Å². The first kappa shape index (κ1) is 18.7. The van der Waals surface area contributed by atoms with Crippen molar-refractivity contribution in [2.24, 2.45) is 11.1 Å². The van der Waals surface area contributed by atoms with Gasteiger partial charge in [0.05, 0.1) is 5.41 Å². The van der Waals surface area contributed by atoms with Crippen LogP contribution >= 0.6 is 12.4 Å². The minimum absolute atomic E-state index is 0. The number of piperidine rings is 1. The second-order valence-corrected chi connectivity index (χ2v) is 5.64. The molecule has 1 heterocycles. The number of likely N-dealkylation sites (tertiary alicyclic amines) is 1. The van der Waals surface area contributed by atoms with Gasteiger partial charge in [0.15, 0.2) is 0 Å². The highest BCUT2D eigenvalue weighted by atomic mass is 35.5. The maximum absolute atomic E-state index is 12.7. The lowest BCUT2D eigenvalue weighted by atomic mass is 9.80. The van der Waals surface area contributed by atoms with Crippen molar-refractivity contribution in [2.45, 2.75) is 45.6 Å². The van der Waals surface area contributed by atoms with E-state index in [1.807, 2.05) is 11.9 Å². The van der Waals surface area contributed by atoms with Gasteiger partial charge >= 0.3 is 0 Å². The summed E-state index contributed by atoms with van der Waals surface area (Å²) in [6.45, 7) is 6.75. The third-order valence-electron chi connectivity index (χ3n) is 4.75. The maximum atomic E-state index is 12.7. The van der Waals surface area contributed by atoms with Crippen LogP contribution in [0, 0.1) is 5.41 Å². The quantitative estimate of drug-likeness (QED) is 0.839. The number of carbonyl (C=O) groups is 1. The van der Waals surface area contributed by atoms with E-state index in [-0.39, 0.29) is 23.7 Å². The molecule has 1 aliphatic heterocycles. The monoisotopic (exact) mass is 291 g/mol. The molecule has 1 saturated heterocycles. The smallest absolute Gasteiger partial charge is 0.230 e. The summed E-state index contributed by atoms with van der Waals surface area (Å²) in [7, 11) is 4.09. The zero-order chi connectivity index (χ0) is 13.8. The summed E-state index contributed by atoms with van der Waals surface area (Å²) in [6, 6.07) is 0.387. The summed E-state index contributed by atoms with van der Waals surface area (Å²) in [5.41, 5.74) is 5.51. The van der Waals surface area contributed by atoms with Crippen LogP contribution in [0.1, 0.15) is 39.5 Å². The van der Waals surface area contributed by atoms with E-state index in [0.29, 0.717) is 12.6 Å². The van der Waals surface area contributed by atoms with E-state index in [2.05, 4.69) is 25.8 Å². The Morgan fingerprint density at radius 3 is 2.16 bits per heavy atom. The van der Waals surface area contributed by atoms with Gasteiger partial charge in [0.25, 0.3) is 0 Å². The average Bonchev–Trinajstić information content (AvgIpc) is 2.41. The molecule has 0 radical (unpaired) electrons. The van der Waals surface area contributed by atoms with Crippen LogP contribution in [-0.2, 0) is 4.79 Å². The fourth-order valence-electron chi connectivity index (χ4n) is 2.85. The molecule has 4 nitrogen and oxygen atoms in total. The first-order valence-corrected chi connectivity index (χ1v) is 7.16. The van der Waals surface area contributed by atoms with Crippen LogP contribution in [0.5, 0.6) is 0 Å². The van der Waals surface area contributed by atoms with Crippen LogP contribution in [0.25, 0.3) is 0 Å². The molecule has 0 spiro atoms. The minimum atomic E-state index is -0.349. The lowest BCUT2D eigenvalue weighted by Gasteiger charge is -2.40. The number of rotatable bonds is 5. The van der Waals surface area contributed by atoms with Crippen molar-refractivity contribution >= 4 is 18.3 Å². The lowest BCUT2D eigenvalue weighted by molar-refractivity contribution is -0.143. The van der Waals surface area contributed by atoms with E-state index in [9.17, 15) is 4.79 Å². The van der Waals surface area contributed by atoms with Gasteiger partial charge in [-0.3, -0.25) is 4.79 Å². The second-order valence-electron chi connectivity index (χ2n) is 5.64. The van der Waals surface area contributed by atoms with Gasteiger partial charge in [-0.25, -0.2) is 0 Å². The highest BCUT2D eigenvalue weighted by Gasteiger charge is 2.38. The molecule has 2 N–H and O–H groups in total. The number of nitrogens with zero attached hydrogens (tertiary/aromatic N) is 2. The lowest BCUT2D eigenvalue weighted by Crippen LogP contribution is -2.52. The van der Waals surface area contributed by atoms with Crippen LogP contribution < -0.4 is 5.73 Å². The SMILES string of the molecule is CCC(CC)(CN)C(=O)N(C)C1CCN(C)CC1.Cl. The fourth-order valence-corrected chi connectivity index (χ4v) is 2.85. The summed E-state index contributed by atoms with van der Waals surface area (Å²) >= 11 is 0. The van der Waals surface area contributed by atoms with E-state index in [0.717, 1.165) is 38.8 Å². The largest absolute Gasteiger partial charge is 0.342 e. The Kier molecular flexibility index (Phi) is 7.94. The predicted octanol–water partition coefficient (Wildman–Crippen LogP) is 1.73. The van der Waals surface area contributed by atoms with E-state index in [1.54, 1.807) is 0 Å². The van der Waals surface area contributed by atoms with Crippen molar-refractivity contribution in [3.63, 3.8) is 0 Å². The third-order valence-corrected chi connectivity index (χ3v) is 4.75. The van der Waals surface area contributed by atoms with E-state index >= 15 is 0 Å². The molecule has 0 saturated carbocycles. The summed E-state index contributed by atoms with van der Waals surface area (Å²) in [5.74, 6) is 0.240. The molecule has 1 rings (SSSR count). The summed E-state index contributed by atoms with van der Waals surface area (Å²) in [6.07, 6.45) is 3.81. The van der Waals surface area contributed by atoms with Gasteiger partial charge in [-0.05, 0) is 45.8 Å². The first-order valence-electron chi connectivity index (χ1n) is 7.16. The van der Waals surface area contributed by atoms with Gasteiger partial charge in [0.1, 0.15) is 0 Å². The van der Waals surface area contributed by atoms with Crippen LogP contribution in [0.3, 0.4) is 0 Å². The van der Waals surface area contributed by atoms with Gasteiger partial charge < -0.3 is 15.5 Å². The Balaban J connectivity index is 0.00000324. The molecule has 1 aliphatic rings. The molecule has 0 atom stereocenters. The number of nitrogens with two attached hydrogens (primary N) is 1. The molecule has 1 amide bonds. The van der Waals surface area contributed by atoms with Crippen molar-refractivity contribution in [2.75, 3.05) is 33.7 Å². The maximum Gasteiger partial charge on any atom is 0.230 e. The molecule has 0 aromatic carbocycles. The Morgan fingerprint density at radius 1 is 1.32 bits per heavy atom. The Morgan fingerprint density at radius 2 is 1.79 bits per heavy atom. The second kappa shape index (κ2) is 8.08. The molecule has 0 aliphatic carbocycles. The molecule has 1 fully saturated rings. The molecule has 0 aromatic heterocycles. The van der Waals surface area contributed by atoms with Crippen LogP contribution in [-0.4, -0.2) is 55.5 Å². The zero-order valence-corrected chi connectivity index (χ0v) is 13.6.